The van der Waals surface area contributed by atoms with Crippen LogP contribution in [0.5, 0.6) is 5.75 Å². The molecule has 0 spiro atoms. The van der Waals surface area contributed by atoms with Gasteiger partial charge in [0.05, 0.1) is 13.7 Å². The Morgan fingerprint density at radius 3 is 2.62 bits per heavy atom. The van der Waals surface area contributed by atoms with Crippen LogP contribution in [0.1, 0.15) is 18.1 Å². The van der Waals surface area contributed by atoms with Gasteiger partial charge in [0.25, 0.3) is 5.91 Å². The fourth-order valence-electron chi connectivity index (χ4n) is 2.94. The van der Waals surface area contributed by atoms with Crippen molar-refractivity contribution in [3.8, 4) is 5.75 Å². The number of methoxy groups -OCH3 is 1. The first-order valence-electron chi connectivity index (χ1n) is 7.68. The van der Waals surface area contributed by atoms with Crippen LogP contribution < -0.4 is 10.1 Å². The molecule has 1 aliphatic heterocycles. The Kier molecular flexibility index (Phi) is 4.70. The summed E-state index contributed by atoms with van der Waals surface area (Å²) in [6.45, 7) is 1.28. The number of benzene rings is 2. The van der Waals surface area contributed by atoms with E-state index >= 15 is 0 Å². The summed E-state index contributed by atoms with van der Waals surface area (Å²) >= 11 is 3.33. The lowest BCUT2D eigenvalue weighted by molar-refractivity contribution is -0.131. The van der Waals surface area contributed by atoms with Crippen LogP contribution in [0.4, 0.5) is 13.6 Å². The molecular formula is C18H15BrF2N2O3. The number of hydrogen-bond donors (Lipinski definition) is 1. The molecule has 136 valence electrons. The highest BCUT2D eigenvalue weighted by Crippen LogP contribution is 2.33. The van der Waals surface area contributed by atoms with Gasteiger partial charge >= 0.3 is 6.03 Å². The molecule has 3 amide bonds. The smallest absolute Gasteiger partial charge is 0.325 e. The van der Waals surface area contributed by atoms with E-state index in [1.54, 1.807) is 18.2 Å². The molecule has 0 radical (unpaired) electrons. The van der Waals surface area contributed by atoms with Gasteiger partial charge in [0.15, 0.2) is 0 Å². The first-order valence-corrected chi connectivity index (χ1v) is 8.47. The summed E-state index contributed by atoms with van der Waals surface area (Å²) in [4.78, 5) is 26.2. The van der Waals surface area contributed by atoms with Gasteiger partial charge < -0.3 is 10.1 Å². The van der Waals surface area contributed by atoms with Crippen molar-refractivity contribution in [1.29, 1.82) is 0 Å². The molecule has 1 atom stereocenters. The van der Waals surface area contributed by atoms with Gasteiger partial charge in [-0.1, -0.05) is 15.9 Å². The summed E-state index contributed by atoms with van der Waals surface area (Å²) < 4.78 is 33.7. The van der Waals surface area contributed by atoms with Crippen LogP contribution in [0.15, 0.2) is 40.9 Å². The molecule has 8 heteroatoms. The molecule has 1 heterocycles. The molecule has 1 N–H and O–H groups in total. The Morgan fingerprint density at radius 1 is 1.19 bits per heavy atom. The van der Waals surface area contributed by atoms with E-state index < -0.39 is 29.1 Å². The predicted octanol–water partition coefficient (Wildman–Crippen LogP) is 3.70. The van der Waals surface area contributed by atoms with Gasteiger partial charge in [-0.05, 0) is 43.3 Å². The maximum Gasteiger partial charge on any atom is 0.325 e. The summed E-state index contributed by atoms with van der Waals surface area (Å²) in [5, 5.41) is 2.47. The number of halogens is 3. The van der Waals surface area contributed by atoms with Gasteiger partial charge in [-0.2, -0.15) is 0 Å². The number of imide groups is 1. The number of nitrogens with one attached hydrogen (secondary N) is 1. The fourth-order valence-corrected chi connectivity index (χ4v) is 3.35. The minimum Gasteiger partial charge on any atom is -0.496 e. The van der Waals surface area contributed by atoms with Crippen molar-refractivity contribution in [1.82, 2.24) is 10.2 Å². The summed E-state index contributed by atoms with van der Waals surface area (Å²) in [6, 6.07) is 7.28. The van der Waals surface area contributed by atoms with Crippen molar-refractivity contribution in [2.75, 3.05) is 7.11 Å². The number of urea groups is 1. The first-order chi connectivity index (χ1) is 12.3. The average Bonchev–Trinajstić information content (AvgIpc) is 2.81. The standard InChI is InChI=1S/C18H15BrF2N2O3/c1-18(13-8-12(20)4-5-14(13)21)16(24)23(17(25)22-18)9-10-7-11(19)3-6-15(10)26-2/h3-8H,9H2,1-2H3,(H,22,25). The molecule has 3 rings (SSSR count). The number of rotatable bonds is 4. The molecule has 26 heavy (non-hydrogen) atoms. The number of ether oxygens (including phenoxy) is 1. The molecule has 5 nitrogen and oxygen atoms in total. The van der Waals surface area contributed by atoms with Crippen molar-refractivity contribution >= 4 is 27.9 Å². The molecule has 1 saturated heterocycles. The Labute approximate surface area is 157 Å². The van der Waals surface area contributed by atoms with Crippen LogP contribution in [0.25, 0.3) is 0 Å². The molecule has 1 unspecified atom stereocenters. The van der Waals surface area contributed by atoms with Gasteiger partial charge in [-0.3, -0.25) is 9.69 Å². The number of hydrogen-bond acceptors (Lipinski definition) is 3. The van der Waals surface area contributed by atoms with Gasteiger partial charge in [0, 0.05) is 15.6 Å². The van der Waals surface area contributed by atoms with Crippen molar-refractivity contribution in [2.24, 2.45) is 0 Å². The van der Waals surface area contributed by atoms with Gasteiger partial charge in [0.2, 0.25) is 0 Å². The van der Waals surface area contributed by atoms with Gasteiger partial charge in [0.1, 0.15) is 22.9 Å². The minimum atomic E-state index is -1.69. The summed E-state index contributed by atoms with van der Waals surface area (Å²) in [7, 11) is 1.48. The molecule has 0 aromatic heterocycles. The van der Waals surface area contributed by atoms with Crippen LogP contribution in [0.3, 0.4) is 0 Å². The maximum absolute atomic E-state index is 14.2. The van der Waals surface area contributed by atoms with Gasteiger partial charge in [-0.15, -0.1) is 0 Å². The highest BCUT2D eigenvalue weighted by Gasteiger charge is 2.50. The lowest BCUT2D eigenvalue weighted by atomic mass is 9.91. The highest BCUT2D eigenvalue weighted by molar-refractivity contribution is 9.10. The zero-order valence-corrected chi connectivity index (χ0v) is 15.6. The molecule has 2 aromatic carbocycles. The third-order valence-corrected chi connectivity index (χ3v) is 4.81. The van der Waals surface area contributed by atoms with Crippen LogP contribution in [-0.2, 0) is 16.9 Å². The summed E-state index contributed by atoms with van der Waals surface area (Å²) in [6.07, 6.45) is 0. The van der Waals surface area contributed by atoms with E-state index in [1.165, 1.54) is 14.0 Å². The quantitative estimate of drug-likeness (QED) is 0.761. The zero-order chi connectivity index (χ0) is 19.1. The Bertz CT molecular complexity index is 906. The molecule has 0 aliphatic carbocycles. The Balaban J connectivity index is 1.97. The number of carbonyl (C=O) groups is 2. The van der Waals surface area contributed by atoms with Crippen LogP contribution in [0.2, 0.25) is 0 Å². The summed E-state index contributed by atoms with van der Waals surface area (Å²) in [5.74, 6) is -1.64. The SMILES string of the molecule is COc1ccc(Br)cc1CN1C(=O)NC(C)(c2cc(F)ccc2F)C1=O. The second kappa shape index (κ2) is 6.68. The molecular weight excluding hydrogens is 410 g/mol. The molecule has 1 fully saturated rings. The zero-order valence-electron chi connectivity index (χ0n) is 14.0. The average molecular weight is 425 g/mol. The highest BCUT2D eigenvalue weighted by atomic mass is 79.9. The molecule has 2 aromatic rings. The van der Waals surface area contributed by atoms with E-state index in [0.717, 1.165) is 27.6 Å². The van der Waals surface area contributed by atoms with Gasteiger partial charge in [-0.25, -0.2) is 13.6 Å². The van der Waals surface area contributed by atoms with Crippen LogP contribution >= 0.6 is 15.9 Å². The Morgan fingerprint density at radius 2 is 1.92 bits per heavy atom. The Hall–Kier alpha value is -2.48. The topological polar surface area (TPSA) is 58.6 Å². The molecule has 1 aliphatic rings. The maximum atomic E-state index is 14.2. The van der Waals surface area contributed by atoms with E-state index in [1.807, 2.05) is 0 Å². The minimum absolute atomic E-state index is 0.0696. The summed E-state index contributed by atoms with van der Waals surface area (Å²) in [5.41, 5.74) is -1.32. The van der Waals surface area contributed by atoms with E-state index in [-0.39, 0.29) is 12.1 Å². The largest absolute Gasteiger partial charge is 0.496 e. The first kappa shape index (κ1) is 18.3. The van der Waals surface area contributed by atoms with Crippen LogP contribution in [0, 0.1) is 11.6 Å². The van der Waals surface area contributed by atoms with Crippen LogP contribution in [-0.4, -0.2) is 23.9 Å². The lowest BCUT2D eigenvalue weighted by Crippen LogP contribution is -2.41. The molecule has 0 bridgehead atoms. The van der Waals surface area contributed by atoms with Crippen molar-refractivity contribution < 1.29 is 23.1 Å². The fraction of sp³-hybridized carbons (Fsp3) is 0.222. The normalized spacial score (nSPS) is 19.7. The monoisotopic (exact) mass is 424 g/mol. The second-order valence-electron chi connectivity index (χ2n) is 6.03. The number of carbonyl (C=O) groups excluding carboxylic acids is 2. The number of amides is 3. The van der Waals surface area contributed by atoms with Crippen molar-refractivity contribution in [2.45, 2.75) is 19.0 Å². The second-order valence-corrected chi connectivity index (χ2v) is 6.94. The predicted molar refractivity (Wildman–Crippen MR) is 93.5 cm³/mol. The van der Waals surface area contributed by atoms with E-state index in [4.69, 9.17) is 4.74 Å². The van der Waals surface area contributed by atoms with E-state index in [0.29, 0.717) is 11.3 Å². The molecule has 0 saturated carbocycles. The lowest BCUT2D eigenvalue weighted by Gasteiger charge is -2.23. The van der Waals surface area contributed by atoms with E-state index in [9.17, 15) is 18.4 Å². The third kappa shape index (κ3) is 3.05. The third-order valence-electron chi connectivity index (χ3n) is 4.31. The van der Waals surface area contributed by atoms with Crippen molar-refractivity contribution in [3.63, 3.8) is 0 Å². The van der Waals surface area contributed by atoms with Crippen molar-refractivity contribution in [3.05, 3.63) is 63.6 Å². The van der Waals surface area contributed by atoms with E-state index in [2.05, 4.69) is 21.2 Å². The number of nitrogens with zero attached hydrogens (tertiary/aromatic N) is 1.